The maximum Gasteiger partial charge on any atom is 0.0569 e. The van der Waals surface area contributed by atoms with Gasteiger partial charge in [0.15, 0.2) is 0 Å². The summed E-state index contributed by atoms with van der Waals surface area (Å²) in [5, 5.41) is 4.40. The van der Waals surface area contributed by atoms with Gasteiger partial charge >= 0.3 is 0 Å². The zero-order chi connectivity index (χ0) is 10.1. The molecule has 0 aliphatic heterocycles. The second kappa shape index (κ2) is 3.52. The highest BCUT2D eigenvalue weighted by Gasteiger charge is 2.18. The van der Waals surface area contributed by atoms with Gasteiger partial charge in [0.05, 0.1) is 11.7 Å². The van der Waals surface area contributed by atoms with Crippen molar-refractivity contribution >= 4 is 0 Å². The average Bonchev–Trinajstić information content (AvgIpc) is 2.52. The second-order valence-corrected chi connectivity index (χ2v) is 4.54. The maximum atomic E-state index is 4.40. The van der Waals surface area contributed by atoms with Crippen LogP contribution in [0.4, 0.5) is 0 Å². The Bertz CT molecular complexity index is 271. The lowest BCUT2D eigenvalue weighted by Gasteiger charge is -2.23. The molecular weight excluding hydrogens is 160 g/mol. The predicted molar refractivity (Wildman–Crippen MR) is 55.9 cm³/mol. The molecule has 0 saturated carbocycles. The molecule has 0 amide bonds. The van der Waals surface area contributed by atoms with Crippen LogP contribution in [0.5, 0.6) is 0 Å². The summed E-state index contributed by atoms with van der Waals surface area (Å²) in [7, 11) is 0. The topological polar surface area (TPSA) is 17.8 Å². The van der Waals surface area contributed by atoms with Crippen LogP contribution in [0.1, 0.15) is 52.5 Å². The van der Waals surface area contributed by atoms with Crippen LogP contribution >= 0.6 is 0 Å². The highest BCUT2D eigenvalue weighted by molar-refractivity contribution is 5.09. The molecule has 0 N–H and O–H groups in total. The first-order valence-corrected chi connectivity index (χ1v) is 5.02. The molecule has 0 bridgehead atoms. The van der Waals surface area contributed by atoms with Gasteiger partial charge in [0.1, 0.15) is 0 Å². The van der Waals surface area contributed by atoms with Gasteiger partial charge in [-0.2, -0.15) is 5.10 Å². The highest BCUT2D eigenvalue weighted by atomic mass is 15.3. The first-order valence-electron chi connectivity index (χ1n) is 5.02. The Kier molecular flexibility index (Phi) is 2.79. The third-order valence-electron chi connectivity index (χ3n) is 2.75. The summed E-state index contributed by atoms with van der Waals surface area (Å²) in [5.74, 6) is 0.571. The minimum Gasteiger partial charge on any atom is -0.267 e. The van der Waals surface area contributed by atoms with Crippen LogP contribution in [0.3, 0.4) is 0 Å². The largest absolute Gasteiger partial charge is 0.267 e. The van der Waals surface area contributed by atoms with Gasteiger partial charge in [0.2, 0.25) is 0 Å². The van der Waals surface area contributed by atoms with Gasteiger partial charge in [0.25, 0.3) is 0 Å². The Morgan fingerprint density at radius 2 is 2.08 bits per heavy atom. The lowest BCUT2D eigenvalue weighted by Crippen LogP contribution is -2.25. The first kappa shape index (κ1) is 10.3. The molecule has 0 aliphatic rings. The van der Waals surface area contributed by atoms with E-state index in [9.17, 15) is 0 Å². The van der Waals surface area contributed by atoms with E-state index in [1.807, 2.05) is 6.20 Å². The highest BCUT2D eigenvalue weighted by Crippen LogP contribution is 2.21. The Balaban J connectivity index is 2.91. The zero-order valence-corrected chi connectivity index (χ0v) is 9.33. The van der Waals surface area contributed by atoms with E-state index in [1.54, 1.807) is 0 Å². The van der Waals surface area contributed by atoms with E-state index in [0.29, 0.717) is 5.92 Å². The third kappa shape index (κ3) is 2.11. The number of nitrogens with zero attached hydrogens (tertiary/aromatic N) is 2. The van der Waals surface area contributed by atoms with E-state index < -0.39 is 0 Å². The molecule has 0 radical (unpaired) electrons. The maximum absolute atomic E-state index is 4.40. The van der Waals surface area contributed by atoms with Crippen molar-refractivity contribution in [2.24, 2.45) is 0 Å². The second-order valence-electron chi connectivity index (χ2n) is 4.54. The van der Waals surface area contributed by atoms with Crippen LogP contribution in [0.2, 0.25) is 0 Å². The van der Waals surface area contributed by atoms with Crippen LogP contribution in [0.15, 0.2) is 12.4 Å². The lowest BCUT2D eigenvalue weighted by atomic mass is 10.0. The molecule has 1 rings (SSSR count). The SMILES string of the molecule is CCC(C)(C)n1cc(C(C)C)cn1. The molecule has 1 aromatic heterocycles. The molecule has 0 atom stereocenters. The molecule has 0 aromatic carbocycles. The minimum atomic E-state index is 0.146. The van der Waals surface area contributed by atoms with Crippen molar-refractivity contribution in [2.45, 2.75) is 52.5 Å². The van der Waals surface area contributed by atoms with Crippen molar-refractivity contribution in [2.75, 3.05) is 0 Å². The van der Waals surface area contributed by atoms with Crippen LogP contribution < -0.4 is 0 Å². The standard InChI is InChI=1S/C11H20N2/c1-6-11(4,5)13-8-10(7-12-13)9(2)3/h7-9H,6H2,1-5H3. The Morgan fingerprint density at radius 3 is 2.46 bits per heavy atom. The van der Waals surface area contributed by atoms with E-state index >= 15 is 0 Å². The number of aromatic nitrogens is 2. The summed E-state index contributed by atoms with van der Waals surface area (Å²) in [6.07, 6.45) is 5.24. The van der Waals surface area contributed by atoms with Gasteiger partial charge in [0, 0.05) is 6.20 Å². The van der Waals surface area contributed by atoms with Crippen molar-refractivity contribution in [1.29, 1.82) is 0 Å². The van der Waals surface area contributed by atoms with Crippen LogP contribution in [0.25, 0.3) is 0 Å². The molecule has 0 unspecified atom stereocenters. The van der Waals surface area contributed by atoms with Gasteiger partial charge < -0.3 is 0 Å². The van der Waals surface area contributed by atoms with Crippen LogP contribution in [-0.2, 0) is 5.54 Å². The fourth-order valence-corrected chi connectivity index (χ4v) is 1.13. The van der Waals surface area contributed by atoms with Crippen molar-refractivity contribution in [1.82, 2.24) is 9.78 Å². The van der Waals surface area contributed by atoms with Gasteiger partial charge in [-0.3, -0.25) is 4.68 Å². The molecule has 1 aromatic rings. The van der Waals surface area contributed by atoms with E-state index in [-0.39, 0.29) is 5.54 Å². The van der Waals surface area contributed by atoms with Gasteiger partial charge in [-0.15, -0.1) is 0 Å². The summed E-state index contributed by atoms with van der Waals surface area (Å²) in [6, 6.07) is 0. The van der Waals surface area contributed by atoms with E-state index in [4.69, 9.17) is 0 Å². The molecule has 1 heterocycles. The monoisotopic (exact) mass is 180 g/mol. The van der Waals surface area contributed by atoms with Gasteiger partial charge in [-0.05, 0) is 31.7 Å². The molecule has 0 saturated heterocycles. The van der Waals surface area contributed by atoms with Crippen molar-refractivity contribution < 1.29 is 0 Å². The number of hydrogen-bond acceptors (Lipinski definition) is 1. The lowest BCUT2D eigenvalue weighted by molar-refractivity contribution is 0.307. The molecule has 2 heteroatoms. The van der Waals surface area contributed by atoms with E-state index in [1.165, 1.54) is 5.56 Å². The Labute approximate surface area is 81.0 Å². The fraction of sp³-hybridized carbons (Fsp3) is 0.727. The normalized spacial score (nSPS) is 12.5. The number of rotatable bonds is 3. The van der Waals surface area contributed by atoms with E-state index in [2.05, 4.69) is 50.6 Å². The zero-order valence-electron chi connectivity index (χ0n) is 9.33. The number of hydrogen-bond donors (Lipinski definition) is 0. The Hall–Kier alpha value is -0.790. The third-order valence-corrected chi connectivity index (χ3v) is 2.75. The molecular formula is C11H20N2. The average molecular weight is 180 g/mol. The summed E-state index contributed by atoms with van der Waals surface area (Å²) in [4.78, 5) is 0. The van der Waals surface area contributed by atoms with Crippen LogP contribution in [0, 0.1) is 0 Å². The fourth-order valence-electron chi connectivity index (χ4n) is 1.13. The van der Waals surface area contributed by atoms with Gasteiger partial charge in [-0.25, -0.2) is 0 Å². The molecule has 2 nitrogen and oxygen atoms in total. The van der Waals surface area contributed by atoms with Gasteiger partial charge in [-0.1, -0.05) is 20.8 Å². The first-order chi connectivity index (χ1) is 5.97. The molecule has 0 fully saturated rings. The molecule has 74 valence electrons. The quantitative estimate of drug-likeness (QED) is 0.698. The predicted octanol–water partition coefficient (Wildman–Crippen LogP) is 3.15. The van der Waals surface area contributed by atoms with Crippen molar-refractivity contribution in [3.8, 4) is 0 Å². The van der Waals surface area contributed by atoms with E-state index in [0.717, 1.165) is 6.42 Å². The molecule has 0 aliphatic carbocycles. The summed E-state index contributed by atoms with van der Waals surface area (Å²) in [5.41, 5.74) is 1.47. The summed E-state index contributed by atoms with van der Waals surface area (Å²) >= 11 is 0. The van der Waals surface area contributed by atoms with Crippen molar-refractivity contribution in [3.63, 3.8) is 0 Å². The van der Waals surface area contributed by atoms with Crippen molar-refractivity contribution in [3.05, 3.63) is 18.0 Å². The minimum absolute atomic E-state index is 0.146. The molecule has 0 spiro atoms. The summed E-state index contributed by atoms with van der Waals surface area (Å²) in [6.45, 7) is 11.0. The van der Waals surface area contributed by atoms with Crippen LogP contribution in [-0.4, -0.2) is 9.78 Å². The Morgan fingerprint density at radius 1 is 1.46 bits per heavy atom. The summed E-state index contributed by atoms with van der Waals surface area (Å²) < 4.78 is 2.07. The smallest absolute Gasteiger partial charge is 0.0569 e. The molecule has 13 heavy (non-hydrogen) atoms.